The van der Waals surface area contributed by atoms with Gasteiger partial charge in [0.1, 0.15) is 5.75 Å². The van der Waals surface area contributed by atoms with E-state index in [9.17, 15) is 0 Å². The van der Waals surface area contributed by atoms with Crippen LogP contribution in [0.15, 0.2) is 18.2 Å². The van der Waals surface area contributed by atoms with Gasteiger partial charge in [-0.2, -0.15) is 0 Å². The summed E-state index contributed by atoms with van der Waals surface area (Å²) >= 11 is 0. The van der Waals surface area contributed by atoms with E-state index < -0.39 is 0 Å². The third-order valence-electron chi connectivity index (χ3n) is 3.07. The van der Waals surface area contributed by atoms with E-state index in [4.69, 9.17) is 10.6 Å². The van der Waals surface area contributed by atoms with E-state index in [2.05, 4.69) is 17.3 Å². The normalized spacial score (nSPS) is 10.7. The largest absolute Gasteiger partial charge is 0.494 e. The van der Waals surface area contributed by atoms with E-state index >= 15 is 0 Å². The van der Waals surface area contributed by atoms with E-state index in [0.717, 1.165) is 40.0 Å². The first-order chi connectivity index (χ1) is 8.71. The molecule has 3 N–H and O–H groups in total. The fourth-order valence-electron chi connectivity index (χ4n) is 2.26. The highest BCUT2D eigenvalue weighted by atomic mass is 16.5. The lowest BCUT2D eigenvalue weighted by Gasteiger charge is -2.14. The maximum Gasteiger partial charge on any atom is 0.120 e. The SMILES string of the molecule is CCOc1ccc2nc(C)c(CC)c(NN)c2c1. The number of aromatic nitrogens is 1. The minimum absolute atomic E-state index is 0.650. The monoisotopic (exact) mass is 245 g/mol. The fraction of sp³-hybridized carbons (Fsp3) is 0.357. The number of pyridine rings is 1. The molecule has 2 rings (SSSR count). The van der Waals surface area contributed by atoms with Gasteiger partial charge in [0.2, 0.25) is 0 Å². The number of fused-ring (bicyclic) bond motifs is 1. The van der Waals surface area contributed by atoms with Crippen molar-refractivity contribution in [3.8, 4) is 5.75 Å². The van der Waals surface area contributed by atoms with E-state index in [-0.39, 0.29) is 0 Å². The number of nitrogens with two attached hydrogens (primary N) is 1. The van der Waals surface area contributed by atoms with Gasteiger partial charge in [0.15, 0.2) is 0 Å². The van der Waals surface area contributed by atoms with Crippen LogP contribution in [-0.2, 0) is 6.42 Å². The van der Waals surface area contributed by atoms with Crippen molar-refractivity contribution in [1.29, 1.82) is 0 Å². The number of nitrogens with one attached hydrogen (secondary N) is 1. The minimum Gasteiger partial charge on any atom is -0.494 e. The average molecular weight is 245 g/mol. The molecule has 0 saturated heterocycles. The maximum atomic E-state index is 5.67. The highest BCUT2D eigenvalue weighted by Crippen LogP contribution is 2.30. The fourth-order valence-corrected chi connectivity index (χ4v) is 2.26. The Hall–Kier alpha value is -1.81. The number of hydrazine groups is 1. The molecule has 4 nitrogen and oxygen atoms in total. The van der Waals surface area contributed by atoms with Gasteiger partial charge in [-0.1, -0.05) is 6.92 Å². The van der Waals surface area contributed by atoms with Crippen molar-refractivity contribution in [2.75, 3.05) is 12.0 Å². The zero-order chi connectivity index (χ0) is 13.1. The second-order valence-electron chi connectivity index (χ2n) is 4.16. The Bertz CT molecular complexity index is 566. The number of nitrogens with zero attached hydrogens (tertiary/aromatic N) is 1. The van der Waals surface area contributed by atoms with Gasteiger partial charge < -0.3 is 10.2 Å². The summed E-state index contributed by atoms with van der Waals surface area (Å²) in [7, 11) is 0. The lowest BCUT2D eigenvalue weighted by atomic mass is 10.0. The van der Waals surface area contributed by atoms with Gasteiger partial charge in [-0.05, 0) is 44.0 Å². The van der Waals surface area contributed by atoms with Gasteiger partial charge in [-0.25, -0.2) is 0 Å². The van der Waals surface area contributed by atoms with Crippen LogP contribution in [-0.4, -0.2) is 11.6 Å². The molecule has 0 spiro atoms. The van der Waals surface area contributed by atoms with Crippen molar-refractivity contribution in [1.82, 2.24) is 4.98 Å². The molecule has 1 aromatic carbocycles. The Balaban J connectivity index is 2.70. The average Bonchev–Trinajstić information content (AvgIpc) is 2.38. The molecule has 0 atom stereocenters. The van der Waals surface area contributed by atoms with Crippen molar-refractivity contribution < 1.29 is 4.74 Å². The van der Waals surface area contributed by atoms with E-state index in [1.807, 2.05) is 32.0 Å². The molecule has 96 valence electrons. The van der Waals surface area contributed by atoms with E-state index in [0.29, 0.717) is 6.61 Å². The predicted molar refractivity (Wildman–Crippen MR) is 74.8 cm³/mol. The van der Waals surface area contributed by atoms with Crippen LogP contribution in [0.1, 0.15) is 25.1 Å². The van der Waals surface area contributed by atoms with Gasteiger partial charge in [0, 0.05) is 11.1 Å². The molecular formula is C14H19N3O. The number of aryl methyl sites for hydroxylation is 1. The first-order valence-corrected chi connectivity index (χ1v) is 6.23. The minimum atomic E-state index is 0.650. The summed E-state index contributed by atoms with van der Waals surface area (Å²) in [4.78, 5) is 4.61. The number of hydrogen-bond acceptors (Lipinski definition) is 4. The molecule has 0 aliphatic carbocycles. The van der Waals surface area contributed by atoms with Crippen molar-refractivity contribution in [2.45, 2.75) is 27.2 Å². The summed E-state index contributed by atoms with van der Waals surface area (Å²) in [5.74, 6) is 6.51. The molecule has 1 aromatic heterocycles. The molecule has 0 radical (unpaired) electrons. The number of benzene rings is 1. The van der Waals surface area contributed by atoms with Crippen LogP contribution in [0.2, 0.25) is 0 Å². The summed E-state index contributed by atoms with van der Waals surface area (Å²) in [5, 5.41) is 1.01. The topological polar surface area (TPSA) is 60.2 Å². The van der Waals surface area contributed by atoms with Crippen molar-refractivity contribution in [3.63, 3.8) is 0 Å². The Morgan fingerprint density at radius 1 is 1.33 bits per heavy atom. The van der Waals surface area contributed by atoms with Gasteiger partial charge in [0.25, 0.3) is 0 Å². The van der Waals surface area contributed by atoms with Crippen LogP contribution >= 0.6 is 0 Å². The third kappa shape index (κ3) is 2.11. The third-order valence-corrected chi connectivity index (χ3v) is 3.07. The van der Waals surface area contributed by atoms with Gasteiger partial charge >= 0.3 is 0 Å². The molecular weight excluding hydrogens is 226 g/mol. The second-order valence-corrected chi connectivity index (χ2v) is 4.16. The molecule has 4 heteroatoms. The van der Waals surface area contributed by atoms with Crippen LogP contribution in [0.25, 0.3) is 10.9 Å². The van der Waals surface area contributed by atoms with Crippen molar-refractivity contribution in [2.24, 2.45) is 5.84 Å². The standard InChI is InChI=1S/C14H19N3O/c1-4-11-9(3)16-13-7-6-10(18-5-2)8-12(13)14(11)17-15/h6-8H,4-5,15H2,1-3H3,(H,16,17). The zero-order valence-electron chi connectivity index (χ0n) is 11.1. The van der Waals surface area contributed by atoms with Crippen LogP contribution < -0.4 is 16.0 Å². The molecule has 0 saturated carbocycles. The molecule has 2 aromatic rings. The Kier molecular flexibility index (Phi) is 3.67. The number of rotatable bonds is 4. The number of hydrogen-bond donors (Lipinski definition) is 2. The Morgan fingerprint density at radius 2 is 2.11 bits per heavy atom. The number of ether oxygens (including phenoxy) is 1. The van der Waals surface area contributed by atoms with Gasteiger partial charge in [-0.3, -0.25) is 10.8 Å². The molecule has 0 fully saturated rings. The molecule has 0 aliphatic rings. The first kappa shape index (κ1) is 12.6. The van der Waals surface area contributed by atoms with E-state index in [1.165, 1.54) is 0 Å². The summed E-state index contributed by atoms with van der Waals surface area (Å²) < 4.78 is 5.52. The summed E-state index contributed by atoms with van der Waals surface area (Å²) in [6.45, 7) is 6.73. The second kappa shape index (κ2) is 5.23. The van der Waals surface area contributed by atoms with Crippen LogP contribution in [0.5, 0.6) is 5.75 Å². The van der Waals surface area contributed by atoms with Crippen LogP contribution in [0.4, 0.5) is 5.69 Å². The smallest absolute Gasteiger partial charge is 0.120 e. The lowest BCUT2D eigenvalue weighted by Crippen LogP contribution is -2.11. The summed E-state index contributed by atoms with van der Waals surface area (Å²) in [5.41, 5.74) is 6.85. The van der Waals surface area contributed by atoms with Crippen molar-refractivity contribution >= 4 is 16.6 Å². The Labute approximate surface area is 107 Å². The van der Waals surface area contributed by atoms with E-state index in [1.54, 1.807) is 0 Å². The first-order valence-electron chi connectivity index (χ1n) is 6.23. The quantitative estimate of drug-likeness (QED) is 0.642. The molecule has 0 bridgehead atoms. The number of nitrogen functional groups attached to an aromatic ring is 1. The maximum absolute atomic E-state index is 5.67. The van der Waals surface area contributed by atoms with Crippen LogP contribution in [0, 0.1) is 6.92 Å². The van der Waals surface area contributed by atoms with Crippen LogP contribution in [0.3, 0.4) is 0 Å². The van der Waals surface area contributed by atoms with Crippen molar-refractivity contribution in [3.05, 3.63) is 29.5 Å². The molecule has 0 aliphatic heterocycles. The highest BCUT2D eigenvalue weighted by molar-refractivity contribution is 5.94. The Morgan fingerprint density at radius 3 is 2.72 bits per heavy atom. The predicted octanol–water partition coefficient (Wildman–Crippen LogP) is 2.79. The molecule has 0 amide bonds. The van der Waals surface area contributed by atoms with Gasteiger partial charge in [0.05, 0.1) is 17.8 Å². The van der Waals surface area contributed by atoms with Gasteiger partial charge in [-0.15, -0.1) is 0 Å². The molecule has 18 heavy (non-hydrogen) atoms. The summed E-state index contributed by atoms with van der Waals surface area (Å²) in [6.07, 6.45) is 0.896. The highest BCUT2D eigenvalue weighted by Gasteiger charge is 2.11. The molecule has 0 unspecified atom stereocenters. The lowest BCUT2D eigenvalue weighted by molar-refractivity contribution is 0.340. The molecule has 1 heterocycles. The zero-order valence-corrected chi connectivity index (χ0v) is 11.1. The summed E-state index contributed by atoms with van der Waals surface area (Å²) in [6, 6.07) is 5.89. The number of anilines is 1.